The zero-order valence-electron chi connectivity index (χ0n) is 19.7. The van der Waals surface area contributed by atoms with Gasteiger partial charge in [-0.25, -0.2) is 9.37 Å². The number of phenols is 1. The van der Waals surface area contributed by atoms with Crippen LogP contribution in [0, 0.1) is 11.7 Å². The summed E-state index contributed by atoms with van der Waals surface area (Å²) in [5, 5.41) is 13.2. The summed E-state index contributed by atoms with van der Waals surface area (Å²) in [6.07, 6.45) is 6.25. The van der Waals surface area contributed by atoms with Crippen molar-refractivity contribution in [2.45, 2.75) is 45.1 Å². The molecule has 0 atom stereocenters. The summed E-state index contributed by atoms with van der Waals surface area (Å²) in [6, 6.07) is 6.44. The molecule has 180 valence electrons. The molecule has 2 N–H and O–H groups in total. The minimum atomic E-state index is -0.815. The van der Waals surface area contributed by atoms with Crippen molar-refractivity contribution >= 4 is 34.1 Å². The maximum Gasteiger partial charge on any atom is 0.170 e. The smallest absolute Gasteiger partial charge is 0.170 e. The van der Waals surface area contributed by atoms with E-state index in [1.54, 1.807) is 18.3 Å². The Morgan fingerprint density at radius 2 is 1.97 bits per heavy atom. The van der Waals surface area contributed by atoms with Gasteiger partial charge in [-0.2, -0.15) is 0 Å². The van der Waals surface area contributed by atoms with E-state index in [0.29, 0.717) is 45.9 Å². The summed E-state index contributed by atoms with van der Waals surface area (Å²) >= 11 is 5.99. The summed E-state index contributed by atoms with van der Waals surface area (Å²) in [5.41, 5.74) is 3.32. The van der Waals surface area contributed by atoms with Crippen LogP contribution in [0.1, 0.15) is 49.4 Å². The number of ketones is 1. The number of halogens is 2. The van der Waals surface area contributed by atoms with Gasteiger partial charge in [-0.05, 0) is 70.0 Å². The molecule has 1 fully saturated rings. The van der Waals surface area contributed by atoms with E-state index in [1.807, 2.05) is 6.92 Å². The molecule has 0 amide bonds. The van der Waals surface area contributed by atoms with Crippen LogP contribution in [0.3, 0.4) is 0 Å². The normalized spacial score (nSPS) is 18.4. The zero-order valence-corrected chi connectivity index (χ0v) is 20.5. The van der Waals surface area contributed by atoms with Crippen molar-refractivity contribution < 1.29 is 14.3 Å². The van der Waals surface area contributed by atoms with Crippen LogP contribution < -0.4 is 5.32 Å². The third-order valence-electron chi connectivity index (χ3n) is 6.47. The van der Waals surface area contributed by atoms with Crippen molar-refractivity contribution in [1.82, 2.24) is 14.9 Å². The van der Waals surface area contributed by atoms with Gasteiger partial charge in [0.2, 0.25) is 0 Å². The number of aromatic nitrogens is 2. The lowest BCUT2D eigenvalue weighted by atomic mass is 9.85. The number of anilines is 1. The molecule has 0 aliphatic heterocycles. The Hall–Kier alpha value is -2.77. The number of hydrogen-bond donors (Lipinski definition) is 2. The first-order valence-corrected chi connectivity index (χ1v) is 12.1. The van der Waals surface area contributed by atoms with Gasteiger partial charge in [0.1, 0.15) is 5.52 Å². The second-order valence-corrected chi connectivity index (χ2v) is 9.71. The minimum absolute atomic E-state index is 0.0101. The Labute approximate surface area is 204 Å². The van der Waals surface area contributed by atoms with Gasteiger partial charge in [0.05, 0.1) is 27.5 Å². The molecule has 2 heterocycles. The van der Waals surface area contributed by atoms with E-state index in [9.17, 15) is 14.3 Å². The lowest BCUT2D eigenvalue weighted by Crippen LogP contribution is -2.31. The van der Waals surface area contributed by atoms with Crippen molar-refractivity contribution in [2.75, 3.05) is 26.0 Å². The Balaban J connectivity index is 1.72. The lowest BCUT2D eigenvalue weighted by molar-refractivity contribution is 0.0988. The monoisotopic (exact) mass is 484 g/mol. The quantitative estimate of drug-likeness (QED) is 0.405. The highest BCUT2D eigenvalue weighted by atomic mass is 35.5. The molecule has 6 nitrogen and oxygen atoms in total. The summed E-state index contributed by atoms with van der Waals surface area (Å²) in [5.74, 6) is -0.733. The number of carbonyl (C=O) groups is 1. The van der Waals surface area contributed by atoms with E-state index in [-0.39, 0.29) is 16.8 Å². The van der Waals surface area contributed by atoms with E-state index >= 15 is 0 Å². The molecule has 0 unspecified atom stereocenters. The number of fused-ring (bicyclic) bond motifs is 1. The number of hydrogen-bond acceptors (Lipinski definition) is 6. The number of benzene rings is 1. The maximum absolute atomic E-state index is 14.1. The molecular formula is C26H30ClFN4O2. The van der Waals surface area contributed by atoms with Crippen LogP contribution in [-0.2, 0) is 0 Å². The van der Waals surface area contributed by atoms with Crippen LogP contribution in [0.5, 0.6) is 5.75 Å². The third-order valence-corrected chi connectivity index (χ3v) is 6.75. The number of nitrogens with zero attached hydrogens (tertiary/aromatic N) is 3. The van der Waals surface area contributed by atoms with E-state index in [4.69, 9.17) is 16.6 Å². The first-order chi connectivity index (χ1) is 16.3. The zero-order chi connectivity index (χ0) is 24.4. The molecule has 3 aromatic rings. The first-order valence-electron chi connectivity index (χ1n) is 11.7. The summed E-state index contributed by atoms with van der Waals surface area (Å²) in [7, 11) is 4.21. The number of phenolic OH excluding ortho intramolecular Hbond substituents is 1. The Kier molecular flexibility index (Phi) is 7.33. The molecule has 1 saturated carbocycles. The summed E-state index contributed by atoms with van der Waals surface area (Å²) in [4.78, 5) is 24.2. The third kappa shape index (κ3) is 5.15. The highest BCUT2D eigenvalue weighted by Crippen LogP contribution is 2.35. The molecular weight excluding hydrogens is 455 g/mol. The number of aromatic hydroxyl groups is 1. The summed E-state index contributed by atoms with van der Waals surface area (Å²) in [6.45, 7) is 2.91. The molecule has 0 bridgehead atoms. The first kappa shape index (κ1) is 24.4. The topological polar surface area (TPSA) is 78.3 Å². The van der Waals surface area contributed by atoms with Crippen molar-refractivity contribution in [2.24, 2.45) is 5.92 Å². The fourth-order valence-electron chi connectivity index (χ4n) is 4.70. The highest BCUT2D eigenvalue weighted by Gasteiger charge is 2.24. The largest absolute Gasteiger partial charge is 0.504 e. The van der Waals surface area contributed by atoms with Crippen LogP contribution >= 0.6 is 11.6 Å². The number of Topliss-reactive ketones (excluding diaryl/α,β-unsaturated/α-hetero) is 1. The van der Waals surface area contributed by atoms with Gasteiger partial charge in [0.25, 0.3) is 0 Å². The van der Waals surface area contributed by atoms with Gasteiger partial charge in [0.15, 0.2) is 17.3 Å². The predicted octanol–water partition coefficient (Wildman–Crippen LogP) is 5.92. The second kappa shape index (κ2) is 10.2. The minimum Gasteiger partial charge on any atom is -0.504 e. The van der Waals surface area contributed by atoms with Crippen molar-refractivity contribution in [3.8, 4) is 17.0 Å². The van der Waals surface area contributed by atoms with E-state index in [2.05, 4.69) is 29.3 Å². The average Bonchev–Trinajstić information content (AvgIpc) is 2.82. The van der Waals surface area contributed by atoms with Gasteiger partial charge in [-0.15, -0.1) is 0 Å². The van der Waals surface area contributed by atoms with Crippen molar-refractivity contribution in [3.05, 3.63) is 46.9 Å². The van der Waals surface area contributed by atoms with Crippen molar-refractivity contribution in [1.29, 1.82) is 0 Å². The standard InChI is InChI=1S/C26H30ClFN4O2/c1-4-23(33)18-13-29-22-10-9-21(16-11-19(27)26(34)20(28)12-16)31-25(22)24(18)30-17-7-5-15(6-8-17)14-32(2)3/h9-13,15,17,34H,4-8,14H2,1-3H3,(H,29,30)/t15-,17-. The SMILES string of the molecule is CCC(=O)c1cnc2ccc(-c3cc(F)c(O)c(Cl)c3)nc2c1N[C@H]1CC[C@H](CN(C)C)CC1. The molecule has 4 rings (SSSR count). The van der Waals surface area contributed by atoms with Crippen LogP contribution in [0.4, 0.5) is 10.1 Å². The Morgan fingerprint density at radius 3 is 2.62 bits per heavy atom. The molecule has 8 heteroatoms. The second-order valence-electron chi connectivity index (χ2n) is 9.30. The Bertz CT molecular complexity index is 1190. The predicted molar refractivity (Wildman–Crippen MR) is 134 cm³/mol. The Morgan fingerprint density at radius 1 is 1.24 bits per heavy atom. The van der Waals surface area contributed by atoms with Crippen LogP contribution in [0.25, 0.3) is 22.3 Å². The molecule has 0 saturated heterocycles. The van der Waals surface area contributed by atoms with Gasteiger partial charge >= 0.3 is 0 Å². The highest BCUT2D eigenvalue weighted by molar-refractivity contribution is 6.32. The maximum atomic E-state index is 14.1. The fourth-order valence-corrected chi connectivity index (χ4v) is 4.91. The molecule has 1 aliphatic carbocycles. The molecule has 1 aliphatic rings. The van der Waals surface area contributed by atoms with Crippen LogP contribution in [0.2, 0.25) is 5.02 Å². The van der Waals surface area contributed by atoms with E-state index in [1.165, 1.54) is 12.1 Å². The van der Waals surface area contributed by atoms with Gasteiger partial charge in [-0.1, -0.05) is 18.5 Å². The fraction of sp³-hybridized carbons (Fsp3) is 0.423. The lowest BCUT2D eigenvalue weighted by Gasteiger charge is -2.31. The molecule has 0 radical (unpaired) electrons. The van der Waals surface area contributed by atoms with Gasteiger partial charge in [-0.3, -0.25) is 9.78 Å². The van der Waals surface area contributed by atoms with Gasteiger partial charge < -0.3 is 15.3 Å². The van der Waals surface area contributed by atoms with Crippen LogP contribution in [0.15, 0.2) is 30.5 Å². The average molecular weight is 485 g/mol. The van der Waals surface area contributed by atoms with E-state index in [0.717, 1.165) is 32.2 Å². The molecule has 1 aromatic carbocycles. The number of rotatable bonds is 7. The molecule has 34 heavy (non-hydrogen) atoms. The number of carbonyl (C=O) groups excluding carboxylic acids is 1. The van der Waals surface area contributed by atoms with E-state index < -0.39 is 11.6 Å². The molecule has 2 aromatic heterocycles. The molecule has 0 spiro atoms. The van der Waals surface area contributed by atoms with Crippen LogP contribution in [-0.4, -0.2) is 52.4 Å². The summed E-state index contributed by atoms with van der Waals surface area (Å²) < 4.78 is 14.1. The number of pyridine rings is 2. The van der Waals surface area contributed by atoms with Crippen molar-refractivity contribution in [3.63, 3.8) is 0 Å². The number of nitrogens with one attached hydrogen (secondary N) is 1. The van der Waals surface area contributed by atoms with Gasteiger partial charge in [0, 0.05) is 30.8 Å².